The van der Waals surface area contributed by atoms with E-state index < -0.39 is 0 Å². The van der Waals surface area contributed by atoms with Crippen molar-refractivity contribution in [3.05, 3.63) is 34.1 Å². The van der Waals surface area contributed by atoms with Crippen LogP contribution in [0.1, 0.15) is 17.4 Å². The fraction of sp³-hybridized carbons (Fsp3) is 0.462. The molecule has 2 nitrogen and oxygen atoms in total. The van der Waals surface area contributed by atoms with Crippen molar-refractivity contribution in [2.75, 3.05) is 24.3 Å². The maximum absolute atomic E-state index is 13.3. The second-order valence-corrected chi connectivity index (χ2v) is 7.18. The Hall–Kier alpha value is -0.200. The second kappa shape index (κ2) is 6.99. The van der Waals surface area contributed by atoms with Crippen molar-refractivity contribution < 1.29 is 9.18 Å². The molecule has 1 aliphatic heterocycles. The zero-order chi connectivity index (χ0) is 13.8. The second-order valence-electron chi connectivity index (χ2n) is 4.27. The van der Waals surface area contributed by atoms with Crippen molar-refractivity contribution in [2.24, 2.45) is 0 Å². The summed E-state index contributed by atoms with van der Waals surface area (Å²) in [6.45, 7) is 0.770. The van der Waals surface area contributed by atoms with Crippen LogP contribution in [0.25, 0.3) is 0 Å². The van der Waals surface area contributed by atoms with Crippen LogP contribution in [0.3, 0.4) is 0 Å². The maximum Gasteiger partial charge on any atom is 0.233 e. The van der Waals surface area contributed by atoms with E-state index in [1.54, 1.807) is 35.7 Å². The normalized spacial score (nSPS) is 19.2. The maximum atomic E-state index is 13.3. The summed E-state index contributed by atoms with van der Waals surface area (Å²) in [5, 5.41) is 0.0197. The van der Waals surface area contributed by atoms with Gasteiger partial charge in [0.05, 0.1) is 10.2 Å². The van der Waals surface area contributed by atoms with Gasteiger partial charge < -0.3 is 4.90 Å². The minimum absolute atomic E-state index is 0.0197. The van der Waals surface area contributed by atoms with Crippen molar-refractivity contribution >= 4 is 45.4 Å². The van der Waals surface area contributed by atoms with Crippen LogP contribution in [0, 0.1) is 5.82 Å². The van der Waals surface area contributed by atoms with Crippen molar-refractivity contribution in [1.29, 1.82) is 0 Å². The SMILES string of the molecule is CSCCCN1C(=O)CSC1c1ccc(F)c(Br)c1. The van der Waals surface area contributed by atoms with Gasteiger partial charge in [0.1, 0.15) is 11.2 Å². The van der Waals surface area contributed by atoms with E-state index in [2.05, 4.69) is 22.2 Å². The van der Waals surface area contributed by atoms with E-state index in [1.165, 1.54) is 6.07 Å². The van der Waals surface area contributed by atoms with Gasteiger partial charge in [-0.1, -0.05) is 6.07 Å². The molecule has 0 aromatic heterocycles. The fourth-order valence-electron chi connectivity index (χ4n) is 2.02. The first-order chi connectivity index (χ1) is 9.13. The van der Waals surface area contributed by atoms with E-state index in [1.807, 2.05) is 4.90 Å². The Morgan fingerprint density at radius 2 is 2.37 bits per heavy atom. The molecular weight excluding hydrogens is 349 g/mol. The van der Waals surface area contributed by atoms with Gasteiger partial charge in [0.2, 0.25) is 5.91 Å². The number of carbonyl (C=O) groups excluding carboxylic acids is 1. The summed E-state index contributed by atoms with van der Waals surface area (Å²) in [4.78, 5) is 13.8. The molecule has 0 saturated carbocycles. The molecular formula is C13H15BrFNOS2. The molecule has 104 valence electrons. The van der Waals surface area contributed by atoms with Gasteiger partial charge in [-0.25, -0.2) is 4.39 Å². The van der Waals surface area contributed by atoms with Gasteiger partial charge >= 0.3 is 0 Å². The number of benzene rings is 1. The smallest absolute Gasteiger partial charge is 0.233 e. The van der Waals surface area contributed by atoms with E-state index in [-0.39, 0.29) is 17.1 Å². The lowest BCUT2D eigenvalue weighted by molar-refractivity contribution is -0.128. The highest BCUT2D eigenvalue weighted by Crippen LogP contribution is 2.39. The van der Waals surface area contributed by atoms with Gasteiger partial charge in [-0.05, 0) is 52.1 Å². The Morgan fingerprint density at radius 3 is 3.05 bits per heavy atom. The minimum Gasteiger partial charge on any atom is -0.326 e. The number of thioether (sulfide) groups is 2. The van der Waals surface area contributed by atoms with E-state index in [4.69, 9.17) is 0 Å². The standard InChI is InChI=1S/C13H15BrFNOS2/c1-18-6-2-5-16-12(17)8-19-13(16)9-3-4-11(15)10(14)7-9/h3-4,7,13H,2,5-6,8H2,1H3. The summed E-state index contributed by atoms with van der Waals surface area (Å²) in [5.41, 5.74) is 0.980. The molecule has 1 aromatic carbocycles. The Labute approximate surface area is 129 Å². The minimum atomic E-state index is -0.271. The number of hydrogen-bond donors (Lipinski definition) is 0. The summed E-state index contributed by atoms with van der Waals surface area (Å²) >= 11 is 6.60. The van der Waals surface area contributed by atoms with E-state index in [0.29, 0.717) is 10.2 Å². The number of nitrogens with zero attached hydrogens (tertiary/aromatic N) is 1. The van der Waals surface area contributed by atoms with Crippen LogP contribution in [0.15, 0.2) is 22.7 Å². The molecule has 1 amide bonds. The first-order valence-electron chi connectivity index (χ1n) is 5.98. The van der Waals surface area contributed by atoms with Gasteiger partial charge in [0.15, 0.2) is 0 Å². The molecule has 0 spiro atoms. The number of halogens is 2. The van der Waals surface area contributed by atoms with E-state index in [9.17, 15) is 9.18 Å². The van der Waals surface area contributed by atoms with Crippen LogP contribution in [-0.2, 0) is 4.79 Å². The molecule has 1 fully saturated rings. The summed E-state index contributed by atoms with van der Waals surface area (Å²) in [6, 6.07) is 4.98. The van der Waals surface area contributed by atoms with Crippen LogP contribution in [0.5, 0.6) is 0 Å². The molecule has 1 heterocycles. The summed E-state index contributed by atoms with van der Waals surface area (Å²) in [7, 11) is 0. The molecule has 2 rings (SSSR count). The molecule has 0 aliphatic carbocycles. The number of carbonyl (C=O) groups is 1. The monoisotopic (exact) mass is 363 g/mol. The van der Waals surface area contributed by atoms with Gasteiger partial charge in [-0.15, -0.1) is 11.8 Å². The van der Waals surface area contributed by atoms with Crippen LogP contribution < -0.4 is 0 Å². The molecule has 1 aliphatic rings. The van der Waals surface area contributed by atoms with Crippen molar-refractivity contribution in [3.8, 4) is 0 Å². The van der Waals surface area contributed by atoms with E-state index in [0.717, 1.165) is 24.3 Å². The third-order valence-electron chi connectivity index (χ3n) is 2.94. The molecule has 0 N–H and O–H groups in total. The van der Waals surface area contributed by atoms with Gasteiger partial charge in [0.25, 0.3) is 0 Å². The van der Waals surface area contributed by atoms with Crippen LogP contribution in [0.2, 0.25) is 0 Å². The van der Waals surface area contributed by atoms with Gasteiger partial charge in [-0.2, -0.15) is 11.8 Å². The lowest BCUT2D eigenvalue weighted by atomic mass is 10.2. The molecule has 0 radical (unpaired) electrons. The summed E-state index contributed by atoms with van der Waals surface area (Å²) in [5.74, 6) is 1.47. The zero-order valence-corrected chi connectivity index (χ0v) is 13.8. The molecule has 6 heteroatoms. The van der Waals surface area contributed by atoms with Crippen molar-refractivity contribution in [3.63, 3.8) is 0 Å². The number of hydrogen-bond acceptors (Lipinski definition) is 3. The summed E-state index contributed by atoms with van der Waals surface area (Å²) < 4.78 is 13.7. The molecule has 1 aromatic rings. The third kappa shape index (κ3) is 3.67. The Morgan fingerprint density at radius 1 is 1.58 bits per heavy atom. The largest absolute Gasteiger partial charge is 0.326 e. The highest BCUT2D eigenvalue weighted by atomic mass is 79.9. The third-order valence-corrected chi connectivity index (χ3v) is 5.51. The average molecular weight is 364 g/mol. The number of rotatable bonds is 5. The van der Waals surface area contributed by atoms with Gasteiger partial charge in [0, 0.05) is 6.54 Å². The van der Waals surface area contributed by atoms with Crippen LogP contribution in [-0.4, -0.2) is 35.1 Å². The Balaban J connectivity index is 2.12. The van der Waals surface area contributed by atoms with Crippen LogP contribution in [0.4, 0.5) is 4.39 Å². The lowest BCUT2D eigenvalue weighted by Gasteiger charge is -2.24. The molecule has 0 bridgehead atoms. The zero-order valence-electron chi connectivity index (χ0n) is 10.6. The van der Waals surface area contributed by atoms with Crippen LogP contribution >= 0.6 is 39.5 Å². The Kier molecular flexibility index (Phi) is 5.59. The highest BCUT2D eigenvalue weighted by molar-refractivity contribution is 9.10. The molecule has 1 unspecified atom stereocenters. The van der Waals surface area contributed by atoms with Crippen molar-refractivity contribution in [2.45, 2.75) is 11.8 Å². The fourth-order valence-corrected chi connectivity index (χ4v) is 4.04. The topological polar surface area (TPSA) is 20.3 Å². The van der Waals surface area contributed by atoms with Crippen molar-refractivity contribution in [1.82, 2.24) is 4.90 Å². The molecule has 19 heavy (non-hydrogen) atoms. The molecule has 1 atom stereocenters. The van der Waals surface area contributed by atoms with Gasteiger partial charge in [-0.3, -0.25) is 4.79 Å². The first kappa shape index (κ1) is 15.2. The van der Waals surface area contributed by atoms with E-state index >= 15 is 0 Å². The average Bonchev–Trinajstić information content (AvgIpc) is 2.75. The predicted octanol–water partition coefficient (Wildman–Crippen LogP) is 3.92. The predicted molar refractivity (Wildman–Crippen MR) is 84.0 cm³/mol. The summed E-state index contributed by atoms with van der Waals surface area (Å²) in [6.07, 6.45) is 3.06. The number of amides is 1. The molecule has 1 saturated heterocycles. The first-order valence-corrected chi connectivity index (χ1v) is 9.22. The Bertz CT molecular complexity index is 472. The quantitative estimate of drug-likeness (QED) is 0.739. The highest BCUT2D eigenvalue weighted by Gasteiger charge is 2.32. The lowest BCUT2D eigenvalue weighted by Crippen LogP contribution is -2.29.